The van der Waals surface area contributed by atoms with Gasteiger partial charge in [0.05, 0.1) is 21.7 Å². The van der Waals surface area contributed by atoms with Crippen LogP contribution in [0.25, 0.3) is 27.6 Å². The van der Waals surface area contributed by atoms with Crippen LogP contribution in [0.5, 0.6) is 0 Å². The monoisotopic (exact) mass is 969 g/mol. The Morgan fingerprint density at radius 2 is 0.896 bits per heavy atom. The summed E-state index contributed by atoms with van der Waals surface area (Å²) in [4.78, 5) is 39.9. The number of thiophene rings is 3. The van der Waals surface area contributed by atoms with Crippen LogP contribution >= 0.6 is 34.0 Å². The number of rotatable bonds is 40. The van der Waals surface area contributed by atoms with Gasteiger partial charge in [-0.25, -0.2) is 0 Å². The van der Waals surface area contributed by atoms with E-state index < -0.39 is 0 Å². The molecular formula is C60H92N2O2S3. The molecule has 0 fully saturated rings. The van der Waals surface area contributed by atoms with E-state index in [9.17, 15) is 9.59 Å². The maximum absolute atomic E-state index is 15.0. The van der Waals surface area contributed by atoms with E-state index in [-0.39, 0.29) is 11.8 Å². The molecule has 0 aliphatic carbocycles. The topological polar surface area (TPSA) is 40.6 Å². The summed E-state index contributed by atoms with van der Waals surface area (Å²) in [6, 6.07) is 13.1. The van der Waals surface area contributed by atoms with Crippen molar-refractivity contribution < 1.29 is 9.59 Å². The van der Waals surface area contributed by atoms with Gasteiger partial charge in [-0.3, -0.25) is 9.59 Å². The molecule has 0 bridgehead atoms. The predicted molar refractivity (Wildman–Crippen MR) is 297 cm³/mol. The molecule has 2 atom stereocenters. The van der Waals surface area contributed by atoms with Gasteiger partial charge in [0, 0.05) is 38.8 Å². The van der Waals surface area contributed by atoms with Gasteiger partial charge in [0.1, 0.15) is 0 Å². The highest BCUT2D eigenvalue weighted by Crippen LogP contribution is 2.46. The smallest absolute Gasteiger partial charge is 0.260 e. The minimum atomic E-state index is 0.0485. The first-order chi connectivity index (χ1) is 33.0. The summed E-state index contributed by atoms with van der Waals surface area (Å²) in [5.41, 5.74) is 2.19. The molecule has 0 saturated heterocycles. The van der Waals surface area contributed by atoms with Gasteiger partial charge < -0.3 is 9.80 Å². The highest BCUT2D eigenvalue weighted by atomic mass is 32.1. The molecule has 0 spiro atoms. The fourth-order valence-electron chi connectivity index (χ4n) is 10.4. The Balaban J connectivity index is 1.36. The Bertz CT molecular complexity index is 1900. The van der Waals surface area contributed by atoms with E-state index in [4.69, 9.17) is 0 Å². The third kappa shape index (κ3) is 19.2. The normalized spacial score (nSPS) is 15.0. The molecule has 0 radical (unpaired) electrons. The van der Waals surface area contributed by atoms with E-state index in [0.717, 1.165) is 30.0 Å². The summed E-state index contributed by atoms with van der Waals surface area (Å²) in [6.07, 6.45) is 47.6. The van der Waals surface area contributed by atoms with Crippen LogP contribution in [0, 0.1) is 11.8 Å². The van der Waals surface area contributed by atoms with Gasteiger partial charge in [0.25, 0.3) is 11.8 Å². The number of nitrogens with zero attached hydrogens (tertiary/aromatic N) is 2. The van der Waals surface area contributed by atoms with Crippen LogP contribution in [0.3, 0.4) is 0 Å². The van der Waals surface area contributed by atoms with Crippen LogP contribution in [-0.4, -0.2) is 34.7 Å². The summed E-state index contributed by atoms with van der Waals surface area (Å²) in [7, 11) is 0. The number of hydrogen-bond donors (Lipinski definition) is 0. The van der Waals surface area contributed by atoms with Gasteiger partial charge in [-0.2, -0.15) is 0 Å². The van der Waals surface area contributed by atoms with E-state index in [2.05, 4.69) is 86.5 Å². The van der Waals surface area contributed by atoms with Crippen molar-refractivity contribution in [3.05, 3.63) is 73.8 Å². The number of carbonyl (C=O) groups excluding carboxylic acids is 2. The Morgan fingerprint density at radius 3 is 1.39 bits per heavy atom. The van der Waals surface area contributed by atoms with Crippen LogP contribution in [0.1, 0.15) is 248 Å². The van der Waals surface area contributed by atoms with Crippen molar-refractivity contribution in [3.8, 4) is 9.75 Å². The van der Waals surface area contributed by atoms with E-state index >= 15 is 0 Å². The van der Waals surface area contributed by atoms with Crippen molar-refractivity contribution in [1.82, 2.24) is 9.80 Å². The van der Waals surface area contributed by atoms with Crippen molar-refractivity contribution >= 4 is 63.7 Å². The summed E-state index contributed by atoms with van der Waals surface area (Å²) in [5, 5.41) is 2.12. The SMILES string of the molecule is CCCCCCCCCCC(CCCCCCCC)CN1C=C2C(=O)N(CC(CCCCCCCC)CCCCCCCCCC)C(c3ccc(-c4ccc(/C=C/c5cccs5)s4)s3)=C2C1=O. The first kappa shape index (κ1) is 55.2. The number of unbranched alkanes of at least 4 members (excludes halogenated alkanes) is 24. The molecule has 5 heterocycles. The molecule has 2 amide bonds. The third-order valence-corrected chi connectivity index (χ3v) is 17.6. The Hall–Kier alpha value is -2.74. The molecule has 0 saturated carbocycles. The molecule has 4 nitrogen and oxygen atoms in total. The summed E-state index contributed by atoms with van der Waals surface area (Å²) in [5.74, 6) is 0.989. The van der Waals surface area contributed by atoms with Crippen LogP contribution in [0.15, 0.2) is 59.1 Å². The number of amides is 2. The Labute approximate surface area is 422 Å². The first-order valence-corrected chi connectivity index (χ1v) is 30.5. The third-order valence-electron chi connectivity index (χ3n) is 14.4. The fraction of sp³-hybridized carbons (Fsp3) is 0.667. The molecule has 2 unspecified atom stereocenters. The average molecular weight is 970 g/mol. The zero-order valence-corrected chi connectivity index (χ0v) is 45.4. The van der Waals surface area contributed by atoms with Gasteiger partial charge in [0.15, 0.2) is 0 Å². The second kappa shape index (κ2) is 33.0. The van der Waals surface area contributed by atoms with E-state index in [0.29, 0.717) is 29.5 Å². The predicted octanol–water partition coefficient (Wildman–Crippen LogP) is 19.8. The van der Waals surface area contributed by atoms with Gasteiger partial charge >= 0.3 is 0 Å². The minimum Gasteiger partial charge on any atom is -0.314 e. The lowest BCUT2D eigenvalue weighted by atomic mass is 9.93. The van der Waals surface area contributed by atoms with Crippen molar-refractivity contribution in [3.63, 3.8) is 0 Å². The van der Waals surface area contributed by atoms with Gasteiger partial charge in [-0.05, 0) is 85.4 Å². The number of carbonyl (C=O) groups is 2. The highest BCUT2D eigenvalue weighted by Gasteiger charge is 2.45. The van der Waals surface area contributed by atoms with Crippen molar-refractivity contribution in [2.45, 2.75) is 233 Å². The fourth-order valence-corrected chi connectivity index (χ4v) is 13.0. The van der Waals surface area contributed by atoms with Crippen LogP contribution in [0.2, 0.25) is 0 Å². The quantitative estimate of drug-likeness (QED) is 0.0533. The first-order valence-electron chi connectivity index (χ1n) is 28.0. The van der Waals surface area contributed by atoms with E-state index in [1.807, 2.05) is 22.4 Å². The summed E-state index contributed by atoms with van der Waals surface area (Å²) in [6.45, 7) is 10.6. The lowest BCUT2D eigenvalue weighted by molar-refractivity contribution is -0.124. The van der Waals surface area contributed by atoms with Gasteiger partial charge in [-0.1, -0.05) is 214 Å². The zero-order valence-electron chi connectivity index (χ0n) is 42.9. The van der Waals surface area contributed by atoms with Crippen molar-refractivity contribution in [1.29, 1.82) is 0 Å². The molecule has 3 aromatic rings. The minimum absolute atomic E-state index is 0.0485. The van der Waals surface area contributed by atoms with Crippen molar-refractivity contribution in [2.24, 2.45) is 11.8 Å². The second-order valence-corrected chi connectivity index (χ2v) is 23.4. The lowest BCUT2D eigenvalue weighted by Gasteiger charge is -2.28. The van der Waals surface area contributed by atoms with E-state index in [1.54, 1.807) is 22.7 Å². The van der Waals surface area contributed by atoms with Crippen LogP contribution < -0.4 is 0 Å². The molecule has 2 aliphatic heterocycles. The van der Waals surface area contributed by atoms with Crippen LogP contribution in [-0.2, 0) is 9.59 Å². The summed E-state index contributed by atoms with van der Waals surface area (Å²) < 4.78 is 0. The maximum atomic E-state index is 15.0. The Kier molecular flexibility index (Phi) is 27.1. The molecule has 0 aromatic carbocycles. The van der Waals surface area contributed by atoms with Gasteiger partial charge in [-0.15, -0.1) is 34.0 Å². The molecule has 7 heteroatoms. The van der Waals surface area contributed by atoms with E-state index in [1.165, 1.54) is 212 Å². The van der Waals surface area contributed by atoms with Crippen molar-refractivity contribution in [2.75, 3.05) is 13.1 Å². The van der Waals surface area contributed by atoms with Gasteiger partial charge in [0.2, 0.25) is 0 Å². The molecule has 5 rings (SSSR count). The lowest BCUT2D eigenvalue weighted by Crippen LogP contribution is -2.33. The molecule has 2 aliphatic rings. The molecule has 3 aromatic heterocycles. The number of fused-ring (bicyclic) bond motifs is 1. The maximum Gasteiger partial charge on any atom is 0.260 e. The molecule has 372 valence electrons. The Morgan fingerprint density at radius 1 is 0.463 bits per heavy atom. The standard InChI is InChI=1S/C60H92N2O2S3/c1-5-9-13-17-21-23-27-30-35-49(34-29-25-19-15-11-7-3)46-61-48-53-57(60(61)64)58(56-44-43-55(67-56)54-42-41-52(66-54)40-39-51-38-33-45-65-51)62(59(53)63)47-50(36-31-26-20-16-12-8-4)37-32-28-24-22-18-14-10-6-2/h33,38-45,48-50H,5-32,34-37,46-47H2,1-4H3/b40-39+. The summed E-state index contributed by atoms with van der Waals surface area (Å²) >= 11 is 5.32. The highest BCUT2D eigenvalue weighted by molar-refractivity contribution is 7.23. The van der Waals surface area contributed by atoms with Crippen LogP contribution in [0.4, 0.5) is 0 Å². The molecule has 0 N–H and O–H groups in total. The largest absolute Gasteiger partial charge is 0.314 e. The zero-order chi connectivity index (χ0) is 47.3. The number of hydrogen-bond acceptors (Lipinski definition) is 5. The second-order valence-electron chi connectivity index (χ2n) is 20.2. The molecule has 67 heavy (non-hydrogen) atoms. The average Bonchev–Trinajstić information content (AvgIpc) is 4.20. The molecular weight excluding hydrogens is 877 g/mol.